The first-order chi connectivity index (χ1) is 7.63. The number of aliphatic hydroxyl groups is 1. The number of rotatable bonds is 6. The molecule has 90 valence electrons. The fraction of sp³-hybridized carbons (Fsp3) is 0.538. The molecular weight excluding hydrogens is 218 g/mol. The van der Waals surface area contributed by atoms with E-state index in [1.807, 2.05) is 13.8 Å². The predicted octanol–water partition coefficient (Wildman–Crippen LogP) is 3.37. The lowest BCUT2D eigenvalue weighted by Crippen LogP contribution is -2.35. The molecule has 0 radical (unpaired) electrons. The molecule has 16 heavy (non-hydrogen) atoms. The van der Waals surface area contributed by atoms with Crippen molar-refractivity contribution in [3.8, 4) is 0 Å². The second kappa shape index (κ2) is 6.16. The Morgan fingerprint density at radius 2 is 1.75 bits per heavy atom. The second-order valence-corrected chi connectivity index (χ2v) is 4.89. The monoisotopic (exact) mass is 239 g/mol. The van der Waals surface area contributed by atoms with Gasteiger partial charge in [-0.05, 0) is 43.4 Å². The molecule has 0 amide bonds. The Bertz CT molecular complexity index is 306. The third-order valence-electron chi connectivity index (χ3n) is 3.03. The highest BCUT2D eigenvalue weighted by atomic mass is 32.2. The summed E-state index contributed by atoms with van der Waals surface area (Å²) in [7, 11) is 0. The lowest BCUT2D eigenvalue weighted by Gasteiger charge is -2.26. The van der Waals surface area contributed by atoms with E-state index in [4.69, 9.17) is 0 Å². The van der Waals surface area contributed by atoms with Crippen LogP contribution < -0.4 is 5.32 Å². The molecule has 2 nitrogen and oxygen atoms in total. The summed E-state index contributed by atoms with van der Waals surface area (Å²) in [4.78, 5) is 1.26. The number of hydrogen-bond donors (Lipinski definition) is 2. The second-order valence-electron chi connectivity index (χ2n) is 4.01. The maximum absolute atomic E-state index is 10.1. The molecule has 1 rings (SSSR count). The van der Waals surface area contributed by atoms with Crippen LogP contribution in [0.15, 0.2) is 29.2 Å². The van der Waals surface area contributed by atoms with Gasteiger partial charge in [-0.3, -0.25) is 0 Å². The molecule has 0 aliphatic carbocycles. The van der Waals surface area contributed by atoms with Gasteiger partial charge in [0.2, 0.25) is 0 Å². The van der Waals surface area contributed by atoms with E-state index >= 15 is 0 Å². The summed E-state index contributed by atoms with van der Waals surface area (Å²) < 4.78 is 0. The molecule has 0 unspecified atom stereocenters. The summed E-state index contributed by atoms with van der Waals surface area (Å²) >= 11 is 1.73. The molecule has 1 aromatic carbocycles. The minimum atomic E-state index is -0.585. The van der Waals surface area contributed by atoms with E-state index in [2.05, 4.69) is 35.8 Å². The highest BCUT2D eigenvalue weighted by molar-refractivity contribution is 7.98. The topological polar surface area (TPSA) is 32.3 Å². The smallest absolute Gasteiger partial charge is 0.0814 e. The van der Waals surface area contributed by atoms with Crippen molar-refractivity contribution in [2.45, 2.75) is 37.2 Å². The van der Waals surface area contributed by atoms with E-state index in [0.717, 1.165) is 18.5 Å². The maximum Gasteiger partial charge on any atom is 0.0814 e. The van der Waals surface area contributed by atoms with Gasteiger partial charge in [-0.2, -0.15) is 0 Å². The molecule has 0 aliphatic heterocycles. The van der Waals surface area contributed by atoms with Gasteiger partial charge >= 0.3 is 0 Å². The van der Waals surface area contributed by atoms with Crippen molar-refractivity contribution in [1.29, 1.82) is 0 Å². The van der Waals surface area contributed by atoms with Crippen LogP contribution in [0.5, 0.6) is 0 Å². The van der Waals surface area contributed by atoms with Gasteiger partial charge in [0.25, 0.3) is 0 Å². The molecule has 0 saturated carbocycles. The van der Waals surface area contributed by atoms with E-state index in [1.165, 1.54) is 4.90 Å². The molecule has 0 aromatic heterocycles. The fourth-order valence-electron chi connectivity index (χ4n) is 1.48. The van der Waals surface area contributed by atoms with Crippen molar-refractivity contribution in [2.75, 3.05) is 18.1 Å². The predicted molar refractivity (Wildman–Crippen MR) is 72.2 cm³/mol. The van der Waals surface area contributed by atoms with Crippen molar-refractivity contribution in [2.24, 2.45) is 0 Å². The summed E-state index contributed by atoms with van der Waals surface area (Å²) in [6, 6.07) is 8.28. The fourth-order valence-corrected chi connectivity index (χ4v) is 1.88. The Morgan fingerprint density at radius 1 is 1.19 bits per heavy atom. The normalized spacial score (nSPS) is 11.5. The summed E-state index contributed by atoms with van der Waals surface area (Å²) in [6.45, 7) is 4.64. The van der Waals surface area contributed by atoms with Gasteiger partial charge in [0.05, 0.1) is 5.60 Å². The Balaban J connectivity index is 2.54. The molecule has 0 atom stereocenters. The first-order valence-electron chi connectivity index (χ1n) is 5.74. The molecule has 0 bridgehead atoms. The Labute approximate surface area is 102 Å². The van der Waals surface area contributed by atoms with E-state index in [-0.39, 0.29) is 0 Å². The highest BCUT2D eigenvalue weighted by Crippen LogP contribution is 2.19. The lowest BCUT2D eigenvalue weighted by molar-refractivity contribution is 0.0457. The average molecular weight is 239 g/mol. The van der Waals surface area contributed by atoms with Crippen LogP contribution in [0.25, 0.3) is 0 Å². The zero-order chi connectivity index (χ0) is 12.0. The summed E-state index contributed by atoms with van der Waals surface area (Å²) in [5, 5.41) is 13.4. The van der Waals surface area contributed by atoms with Crippen molar-refractivity contribution < 1.29 is 5.11 Å². The molecular formula is C13H21NOS. The molecule has 3 heteroatoms. The number of anilines is 1. The van der Waals surface area contributed by atoms with Crippen LogP contribution in [0.4, 0.5) is 5.69 Å². The third-order valence-corrected chi connectivity index (χ3v) is 3.77. The quantitative estimate of drug-likeness (QED) is 0.747. The number of benzene rings is 1. The van der Waals surface area contributed by atoms with Crippen LogP contribution in [0.1, 0.15) is 26.7 Å². The Kier molecular flexibility index (Phi) is 5.16. The summed E-state index contributed by atoms with van der Waals surface area (Å²) in [6.07, 6.45) is 3.62. The van der Waals surface area contributed by atoms with Gasteiger partial charge < -0.3 is 10.4 Å². The number of thioether (sulfide) groups is 1. The van der Waals surface area contributed by atoms with E-state index in [1.54, 1.807) is 11.8 Å². The van der Waals surface area contributed by atoms with Gasteiger partial charge in [-0.25, -0.2) is 0 Å². The SMILES string of the molecule is CCC(O)(CC)CNc1ccc(SC)cc1. The summed E-state index contributed by atoms with van der Waals surface area (Å²) in [5.74, 6) is 0. The number of nitrogens with one attached hydrogen (secondary N) is 1. The molecule has 0 aliphatic rings. The van der Waals surface area contributed by atoms with Crippen molar-refractivity contribution >= 4 is 17.4 Å². The number of hydrogen-bond acceptors (Lipinski definition) is 3. The van der Waals surface area contributed by atoms with Gasteiger partial charge in [0, 0.05) is 17.1 Å². The van der Waals surface area contributed by atoms with E-state index in [9.17, 15) is 5.11 Å². The van der Waals surface area contributed by atoms with Gasteiger partial charge in [0.15, 0.2) is 0 Å². The van der Waals surface area contributed by atoms with Crippen LogP contribution in [-0.4, -0.2) is 23.5 Å². The third kappa shape index (κ3) is 3.72. The Hall–Kier alpha value is -0.670. The van der Waals surface area contributed by atoms with E-state index in [0.29, 0.717) is 6.54 Å². The minimum Gasteiger partial charge on any atom is -0.388 e. The average Bonchev–Trinajstić information content (AvgIpc) is 2.36. The van der Waals surface area contributed by atoms with E-state index < -0.39 is 5.60 Å². The molecule has 1 aromatic rings. The molecule has 0 spiro atoms. The van der Waals surface area contributed by atoms with Crippen LogP contribution in [-0.2, 0) is 0 Å². The van der Waals surface area contributed by atoms with Gasteiger partial charge in [-0.15, -0.1) is 11.8 Å². The van der Waals surface area contributed by atoms with Crippen LogP contribution in [0, 0.1) is 0 Å². The maximum atomic E-state index is 10.1. The zero-order valence-electron chi connectivity index (χ0n) is 10.3. The van der Waals surface area contributed by atoms with Crippen molar-refractivity contribution in [3.05, 3.63) is 24.3 Å². The first-order valence-corrected chi connectivity index (χ1v) is 6.96. The Morgan fingerprint density at radius 3 is 2.19 bits per heavy atom. The standard InChI is InChI=1S/C13H21NOS/c1-4-13(15,5-2)10-14-11-6-8-12(16-3)9-7-11/h6-9,14-15H,4-5,10H2,1-3H3. The van der Waals surface area contributed by atoms with Crippen molar-refractivity contribution in [3.63, 3.8) is 0 Å². The molecule has 0 heterocycles. The molecule has 0 saturated heterocycles. The minimum absolute atomic E-state index is 0.585. The molecule has 2 N–H and O–H groups in total. The lowest BCUT2D eigenvalue weighted by atomic mass is 9.97. The van der Waals surface area contributed by atoms with Gasteiger partial charge in [0.1, 0.15) is 0 Å². The molecule has 0 fully saturated rings. The first kappa shape index (κ1) is 13.4. The van der Waals surface area contributed by atoms with Gasteiger partial charge in [-0.1, -0.05) is 13.8 Å². The highest BCUT2D eigenvalue weighted by Gasteiger charge is 2.21. The van der Waals surface area contributed by atoms with Crippen LogP contribution in [0.2, 0.25) is 0 Å². The van der Waals surface area contributed by atoms with Crippen LogP contribution in [0.3, 0.4) is 0 Å². The zero-order valence-corrected chi connectivity index (χ0v) is 11.1. The van der Waals surface area contributed by atoms with Crippen molar-refractivity contribution in [1.82, 2.24) is 0 Å². The summed E-state index contributed by atoms with van der Waals surface area (Å²) in [5.41, 5.74) is 0.483. The van der Waals surface area contributed by atoms with Crippen LogP contribution >= 0.6 is 11.8 Å². The largest absolute Gasteiger partial charge is 0.388 e.